The van der Waals surface area contributed by atoms with Crippen LogP contribution in [0.2, 0.25) is 0 Å². The molecule has 2 rings (SSSR count). The van der Waals surface area contributed by atoms with E-state index < -0.39 is 6.10 Å². The number of nitrogens with zero attached hydrogens (tertiary/aromatic N) is 2. The van der Waals surface area contributed by atoms with Gasteiger partial charge in [-0.3, -0.25) is 9.59 Å². The van der Waals surface area contributed by atoms with Gasteiger partial charge in [-0.2, -0.15) is 0 Å². The Morgan fingerprint density at radius 2 is 1.95 bits per heavy atom. The van der Waals surface area contributed by atoms with Gasteiger partial charge >= 0.3 is 0 Å². The van der Waals surface area contributed by atoms with Gasteiger partial charge in [0.1, 0.15) is 17.7 Å². The van der Waals surface area contributed by atoms with Crippen molar-refractivity contribution in [1.29, 1.82) is 0 Å². The third-order valence-electron chi connectivity index (χ3n) is 3.80. The average molecular weight is 308 g/mol. The number of ketones is 1. The second-order valence-electron chi connectivity index (χ2n) is 5.42. The predicted molar refractivity (Wildman–Crippen MR) is 81.3 cm³/mol. The normalized spacial score (nSPS) is 16.5. The Bertz CT molecular complexity index is 542. The monoisotopic (exact) mass is 308 g/mol. The molecule has 1 aliphatic rings. The fourth-order valence-electron chi connectivity index (χ4n) is 2.59. The number of amides is 1. The molecule has 1 amide bonds. The maximum Gasteiger partial charge on any atom is 0.252 e. The first-order valence-corrected chi connectivity index (χ1v) is 7.33. The highest BCUT2D eigenvalue weighted by molar-refractivity contribution is 5.87. The molecule has 1 aliphatic heterocycles. The van der Waals surface area contributed by atoms with Crippen LogP contribution < -0.4 is 4.90 Å². The standard InChI is InChI=1S/C16H21FN2O3/c1-12(20)10-15(22-2)16(21)19-8-6-18(7-9-19)14-5-3-4-13(17)11-14/h3-5,11,15H,6-10H2,1-2H3. The molecule has 0 aromatic heterocycles. The molecule has 1 unspecified atom stereocenters. The molecular weight excluding hydrogens is 287 g/mol. The zero-order chi connectivity index (χ0) is 16.1. The third kappa shape index (κ3) is 4.04. The summed E-state index contributed by atoms with van der Waals surface area (Å²) in [6, 6.07) is 6.43. The lowest BCUT2D eigenvalue weighted by atomic mass is 10.1. The average Bonchev–Trinajstić information content (AvgIpc) is 2.52. The number of halogens is 1. The summed E-state index contributed by atoms with van der Waals surface area (Å²) in [4.78, 5) is 27.2. The molecule has 0 saturated carbocycles. The van der Waals surface area contributed by atoms with Gasteiger partial charge in [-0.05, 0) is 25.1 Å². The van der Waals surface area contributed by atoms with Crippen molar-refractivity contribution >= 4 is 17.4 Å². The van der Waals surface area contributed by atoms with E-state index >= 15 is 0 Å². The number of benzene rings is 1. The fraction of sp³-hybridized carbons (Fsp3) is 0.500. The van der Waals surface area contributed by atoms with Crippen molar-refractivity contribution < 1.29 is 18.7 Å². The minimum absolute atomic E-state index is 0.0707. The third-order valence-corrected chi connectivity index (χ3v) is 3.80. The van der Waals surface area contributed by atoms with Crippen LogP contribution in [0.3, 0.4) is 0 Å². The van der Waals surface area contributed by atoms with Crippen molar-refractivity contribution in [3.63, 3.8) is 0 Å². The summed E-state index contributed by atoms with van der Waals surface area (Å²) in [5.41, 5.74) is 0.819. The van der Waals surface area contributed by atoms with Crippen LogP contribution in [0.5, 0.6) is 0 Å². The molecule has 1 saturated heterocycles. The molecule has 1 aromatic carbocycles. The van der Waals surface area contributed by atoms with Crippen molar-refractivity contribution in [2.45, 2.75) is 19.4 Å². The van der Waals surface area contributed by atoms with Gasteiger partial charge in [-0.25, -0.2) is 4.39 Å². The van der Waals surface area contributed by atoms with Gasteiger partial charge in [0, 0.05) is 45.4 Å². The summed E-state index contributed by atoms with van der Waals surface area (Å²) in [6.07, 6.45) is -0.613. The highest BCUT2D eigenvalue weighted by Gasteiger charge is 2.28. The second-order valence-corrected chi connectivity index (χ2v) is 5.42. The number of carbonyl (C=O) groups is 2. The Labute approximate surface area is 129 Å². The number of methoxy groups -OCH3 is 1. The van der Waals surface area contributed by atoms with Crippen LogP contribution in [0.1, 0.15) is 13.3 Å². The van der Waals surface area contributed by atoms with E-state index in [9.17, 15) is 14.0 Å². The lowest BCUT2D eigenvalue weighted by Gasteiger charge is -2.37. The summed E-state index contributed by atoms with van der Waals surface area (Å²) in [5.74, 6) is -0.493. The van der Waals surface area contributed by atoms with E-state index in [1.165, 1.54) is 26.2 Å². The Morgan fingerprint density at radius 1 is 1.27 bits per heavy atom. The van der Waals surface area contributed by atoms with E-state index in [0.717, 1.165) is 5.69 Å². The molecule has 1 atom stereocenters. The predicted octanol–water partition coefficient (Wildman–Crippen LogP) is 1.47. The number of hydrogen-bond donors (Lipinski definition) is 0. The highest BCUT2D eigenvalue weighted by atomic mass is 19.1. The van der Waals surface area contributed by atoms with Crippen molar-refractivity contribution in [3.8, 4) is 0 Å². The van der Waals surface area contributed by atoms with Crippen LogP contribution in [-0.4, -0.2) is 56.0 Å². The zero-order valence-corrected chi connectivity index (χ0v) is 12.9. The number of piperazine rings is 1. The first-order chi connectivity index (χ1) is 10.5. The molecule has 120 valence electrons. The molecule has 0 N–H and O–H groups in total. The number of anilines is 1. The van der Waals surface area contributed by atoms with Crippen LogP contribution in [-0.2, 0) is 14.3 Å². The van der Waals surface area contributed by atoms with Gasteiger partial charge in [0.15, 0.2) is 0 Å². The van der Waals surface area contributed by atoms with Crippen molar-refractivity contribution in [2.24, 2.45) is 0 Å². The Morgan fingerprint density at radius 3 is 2.50 bits per heavy atom. The molecule has 1 heterocycles. The van der Waals surface area contributed by atoms with Crippen LogP contribution in [0.4, 0.5) is 10.1 Å². The molecule has 0 spiro atoms. The second kappa shape index (κ2) is 7.35. The lowest BCUT2D eigenvalue weighted by molar-refractivity contribution is -0.144. The number of ether oxygens (including phenoxy) is 1. The van der Waals surface area contributed by atoms with Gasteiger partial charge in [0.05, 0.1) is 0 Å². The molecule has 1 fully saturated rings. The quantitative estimate of drug-likeness (QED) is 0.826. The minimum atomic E-state index is -0.710. The van der Waals surface area contributed by atoms with E-state index in [4.69, 9.17) is 4.74 Å². The molecule has 22 heavy (non-hydrogen) atoms. The van der Waals surface area contributed by atoms with E-state index in [-0.39, 0.29) is 23.9 Å². The van der Waals surface area contributed by atoms with Crippen molar-refractivity contribution in [2.75, 3.05) is 38.2 Å². The number of Topliss-reactive ketones (excluding diaryl/α,β-unsaturated/α-hetero) is 1. The maximum atomic E-state index is 13.3. The first kappa shape index (κ1) is 16.4. The van der Waals surface area contributed by atoms with E-state index in [1.807, 2.05) is 11.0 Å². The van der Waals surface area contributed by atoms with Gasteiger partial charge in [-0.1, -0.05) is 6.07 Å². The van der Waals surface area contributed by atoms with Crippen molar-refractivity contribution in [1.82, 2.24) is 4.90 Å². The van der Waals surface area contributed by atoms with Gasteiger partial charge < -0.3 is 14.5 Å². The van der Waals surface area contributed by atoms with Crippen LogP contribution >= 0.6 is 0 Å². The Kier molecular flexibility index (Phi) is 5.49. The van der Waals surface area contributed by atoms with Crippen LogP contribution in [0.15, 0.2) is 24.3 Å². The van der Waals surface area contributed by atoms with E-state index in [0.29, 0.717) is 26.2 Å². The summed E-state index contributed by atoms with van der Waals surface area (Å²) < 4.78 is 18.4. The van der Waals surface area contributed by atoms with Gasteiger partial charge in [0.2, 0.25) is 0 Å². The molecule has 0 aliphatic carbocycles. The number of hydrogen-bond acceptors (Lipinski definition) is 4. The fourth-order valence-corrected chi connectivity index (χ4v) is 2.59. The topological polar surface area (TPSA) is 49.9 Å². The van der Waals surface area contributed by atoms with E-state index in [1.54, 1.807) is 11.0 Å². The molecule has 6 heteroatoms. The largest absolute Gasteiger partial charge is 0.371 e. The first-order valence-electron chi connectivity index (χ1n) is 7.33. The molecule has 0 bridgehead atoms. The van der Waals surface area contributed by atoms with Gasteiger partial charge in [-0.15, -0.1) is 0 Å². The zero-order valence-electron chi connectivity index (χ0n) is 12.9. The molecule has 1 aromatic rings. The summed E-state index contributed by atoms with van der Waals surface area (Å²) in [7, 11) is 1.44. The lowest BCUT2D eigenvalue weighted by Crippen LogP contribution is -2.52. The Balaban J connectivity index is 1.93. The Hall–Kier alpha value is -1.95. The van der Waals surface area contributed by atoms with Crippen LogP contribution in [0, 0.1) is 5.82 Å². The molecule has 0 radical (unpaired) electrons. The number of carbonyl (C=O) groups excluding carboxylic acids is 2. The van der Waals surface area contributed by atoms with E-state index in [2.05, 4.69) is 0 Å². The summed E-state index contributed by atoms with van der Waals surface area (Å²) >= 11 is 0. The maximum absolute atomic E-state index is 13.3. The molecule has 5 nitrogen and oxygen atoms in total. The highest BCUT2D eigenvalue weighted by Crippen LogP contribution is 2.18. The smallest absolute Gasteiger partial charge is 0.252 e. The summed E-state index contributed by atoms with van der Waals surface area (Å²) in [5, 5.41) is 0. The van der Waals surface area contributed by atoms with Crippen molar-refractivity contribution in [3.05, 3.63) is 30.1 Å². The summed E-state index contributed by atoms with van der Waals surface area (Å²) in [6.45, 7) is 3.78. The minimum Gasteiger partial charge on any atom is -0.371 e. The SMILES string of the molecule is COC(CC(C)=O)C(=O)N1CCN(c2cccc(F)c2)CC1. The number of rotatable bonds is 5. The molecular formula is C16H21FN2O3. The van der Waals surface area contributed by atoms with Gasteiger partial charge in [0.25, 0.3) is 5.91 Å². The van der Waals surface area contributed by atoms with Crippen LogP contribution in [0.25, 0.3) is 0 Å².